The van der Waals surface area contributed by atoms with Gasteiger partial charge < -0.3 is 10.2 Å². The molecule has 0 spiro atoms. The van der Waals surface area contributed by atoms with Crippen LogP contribution in [-0.4, -0.2) is 50.4 Å². The molecule has 152 valence electrons. The van der Waals surface area contributed by atoms with Gasteiger partial charge in [-0.15, -0.1) is 0 Å². The third-order valence-corrected chi connectivity index (χ3v) is 5.28. The molecule has 1 aromatic carbocycles. The molecule has 5 rings (SSSR count). The van der Waals surface area contributed by atoms with Gasteiger partial charge in [-0.1, -0.05) is 0 Å². The van der Waals surface area contributed by atoms with Crippen LogP contribution >= 0.6 is 0 Å². The van der Waals surface area contributed by atoms with Gasteiger partial charge in [-0.05, 0) is 37.3 Å². The Bertz CT molecular complexity index is 1210. The predicted molar refractivity (Wildman–Crippen MR) is 109 cm³/mol. The van der Waals surface area contributed by atoms with E-state index in [9.17, 15) is 8.78 Å². The monoisotopic (exact) mass is 407 g/mol. The number of fused-ring (bicyclic) bond motifs is 1. The number of nitrogens with zero attached hydrogens (tertiary/aromatic N) is 6. The van der Waals surface area contributed by atoms with E-state index in [1.54, 1.807) is 23.0 Å². The maximum Gasteiger partial charge on any atom is 0.167 e. The Balaban J connectivity index is 1.74. The van der Waals surface area contributed by atoms with Crippen molar-refractivity contribution in [2.75, 3.05) is 24.5 Å². The molecule has 1 saturated heterocycles. The van der Waals surface area contributed by atoms with E-state index in [0.29, 0.717) is 22.7 Å². The normalized spacial score (nSPS) is 16.9. The number of hydrogen-bond donors (Lipinski definition) is 1. The molecule has 3 aromatic heterocycles. The zero-order valence-electron chi connectivity index (χ0n) is 16.3. The van der Waals surface area contributed by atoms with Crippen LogP contribution in [0.25, 0.3) is 28.2 Å². The molecule has 0 aliphatic carbocycles. The van der Waals surface area contributed by atoms with Crippen LogP contribution in [0.2, 0.25) is 0 Å². The fourth-order valence-electron chi connectivity index (χ4n) is 3.80. The second-order valence-corrected chi connectivity index (χ2v) is 7.25. The minimum Gasteiger partial charge on any atom is -0.351 e. The summed E-state index contributed by atoms with van der Waals surface area (Å²) in [6.07, 6.45) is 3.11. The van der Waals surface area contributed by atoms with Gasteiger partial charge in [-0.2, -0.15) is 10.2 Å². The van der Waals surface area contributed by atoms with E-state index in [2.05, 4.69) is 32.3 Å². The van der Waals surface area contributed by atoms with Crippen LogP contribution in [-0.2, 0) is 0 Å². The van der Waals surface area contributed by atoms with Crippen molar-refractivity contribution in [2.24, 2.45) is 0 Å². The topological polar surface area (TPSA) is 71.8 Å². The molecule has 0 radical (unpaired) electrons. The zero-order valence-corrected chi connectivity index (χ0v) is 16.3. The number of pyridine rings is 1. The average molecular weight is 407 g/mol. The average Bonchev–Trinajstić information content (AvgIpc) is 3.13. The summed E-state index contributed by atoms with van der Waals surface area (Å²) >= 11 is 0. The SMILES string of the molecule is CC1CNCCN1c1ccc2nc(-c3ccc(F)cc3F)n(-c3ccnnc3)c2n1. The van der Waals surface area contributed by atoms with Gasteiger partial charge in [0.2, 0.25) is 0 Å². The van der Waals surface area contributed by atoms with Gasteiger partial charge in [0, 0.05) is 31.7 Å². The van der Waals surface area contributed by atoms with Crippen molar-refractivity contribution in [3.63, 3.8) is 0 Å². The molecule has 1 N–H and O–H groups in total. The van der Waals surface area contributed by atoms with Crippen molar-refractivity contribution in [3.8, 4) is 17.1 Å². The Kier molecular flexibility index (Phi) is 4.59. The summed E-state index contributed by atoms with van der Waals surface area (Å²) in [5.41, 5.74) is 2.01. The second-order valence-electron chi connectivity index (χ2n) is 7.25. The lowest BCUT2D eigenvalue weighted by Gasteiger charge is -2.34. The van der Waals surface area contributed by atoms with E-state index in [1.165, 1.54) is 12.1 Å². The maximum absolute atomic E-state index is 14.6. The third kappa shape index (κ3) is 3.17. The Labute approximate surface area is 171 Å². The quantitative estimate of drug-likeness (QED) is 0.563. The van der Waals surface area contributed by atoms with Crippen LogP contribution in [0.3, 0.4) is 0 Å². The molecule has 1 unspecified atom stereocenters. The first-order chi connectivity index (χ1) is 14.6. The van der Waals surface area contributed by atoms with E-state index >= 15 is 0 Å². The first kappa shape index (κ1) is 18.6. The van der Waals surface area contributed by atoms with Crippen LogP contribution in [0.4, 0.5) is 14.6 Å². The predicted octanol–water partition coefficient (Wildman–Crippen LogP) is 2.95. The zero-order chi connectivity index (χ0) is 20.7. The molecule has 0 bridgehead atoms. The highest BCUT2D eigenvalue weighted by Crippen LogP contribution is 2.31. The molecule has 4 heterocycles. The third-order valence-electron chi connectivity index (χ3n) is 5.28. The van der Waals surface area contributed by atoms with Gasteiger partial charge in [0.05, 0.1) is 23.6 Å². The maximum atomic E-state index is 14.6. The van der Waals surface area contributed by atoms with Crippen molar-refractivity contribution in [3.05, 3.63) is 60.4 Å². The summed E-state index contributed by atoms with van der Waals surface area (Å²) in [5, 5.41) is 11.1. The molecule has 1 atom stereocenters. The number of aromatic nitrogens is 5. The molecule has 30 heavy (non-hydrogen) atoms. The van der Waals surface area contributed by atoms with Crippen LogP contribution in [0.15, 0.2) is 48.8 Å². The Morgan fingerprint density at radius 2 is 1.97 bits per heavy atom. The fraction of sp³-hybridized carbons (Fsp3) is 0.238. The molecule has 4 aromatic rings. The highest BCUT2D eigenvalue weighted by atomic mass is 19.1. The molecule has 9 heteroatoms. The highest BCUT2D eigenvalue weighted by molar-refractivity contribution is 5.81. The number of imidazole rings is 1. The molecule has 0 saturated carbocycles. The second kappa shape index (κ2) is 7.42. The molecule has 1 aliphatic rings. The van der Waals surface area contributed by atoms with E-state index in [1.807, 2.05) is 12.1 Å². The number of nitrogens with one attached hydrogen (secondary N) is 1. The summed E-state index contributed by atoms with van der Waals surface area (Å²) < 4.78 is 29.8. The largest absolute Gasteiger partial charge is 0.351 e. The van der Waals surface area contributed by atoms with Crippen molar-refractivity contribution in [1.29, 1.82) is 0 Å². The Morgan fingerprint density at radius 3 is 2.73 bits per heavy atom. The molecule has 7 nitrogen and oxygen atoms in total. The van der Waals surface area contributed by atoms with E-state index in [-0.39, 0.29) is 11.6 Å². The van der Waals surface area contributed by atoms with Crippen LogP contribution in [0.5, 0.6) is 0 Å². The van der Waals surface area contributed by atoms with E-state index in [4.69, 9.17) is 4.98 Å². The number of hydrogen-bond acceptors (Lipinski definition) is 6. The van der Waals surface area contributed by atoms with Gasteiger partial charge in [-0.3, -0.25) is 4.57 Å². The van der Waals surface area contributed by atoms with Gasteiger partial charge in [0.1, 0.15) is 28.8 Å². The van der Waals surface area contributed by atoms with Gasteiger partial charge in [0.15, 0.2) is 5.65 Å². The highest BCUT2D eigenvalue weighted by Gasteiger charge is 2.23. The Hall–Kier alpha value is -3.46. The number of rotatable bonds is 3. The van der Waals surface area contributed by atoms with Crippen molar-refractivity contribution in [2.45, 2.75) is 13.0 Å². The van der Waals surface area contributed by atoms with Crippen LogP contribution < -0.4 is 10.2 Å². The summed E-state index contributed by atoms with van der Waals surface area (Å²) in [4.78, 5) is 11.7. The van der Waals surface area contributed by atoms with E-state index in [0.717, 1.165) is 31.5 Å². The smallest absolute Gasteiger partial charge is 0.167 e. The fourth-order valence-corrected chi connectivity index (χ4v) is 3.80. The lowest BCUT2D eigenvalue weighted by molar-refractivity contribution is 0.497. The van der Waals surface area contributed by atoms with Crippen molar-refractivity contribution < 1.29 is 8.78 Å². The van der Waals surface area contributed by atoms with E-state index < -0.39 is 11.6 Å². The lowest BCUT2D eigenvalue weighted by Crippen LogP contribution is -2.50. The van der Waals surface area contributed by atoms with Crippen LogP contribution in [0, 0.1) is 11.6 Å². The number of benzene rings is 1. The summed E-state index contributed by atoms with van der Waals surface area (Å²) in [6, 6.07) is 9.30. The van der Waals surface area contributed by atoms with Gasteiger partial charge >= 0.3 is 0 Å². The Morgan fingerprint density at radius 1 is 1.07 bits per heavy atom. The van der Waals surface area contributed by atoms with Crippen molar-refractivity contribution >= 4 is 17.0 Å². The van der Waals surface area contributed by atoms with Crippen molar-refractivity contribution in [1.82, 2.24) is 30.0 Å². The molecule has 1 fully saturated rings. The standard InChI is InChI=1S/C21H19F2N7/c1-13-11-24-8-9-29(13)19-5-4-18-21(28-19)30(15-6-7-25-26-12-15)20(27-18)16-3-2-14(22)10-17(16)23/h2-7,10,12-13,24H,8-9,11H2,1H3. The lowest BCUT2D eigenvalue weighted by atomic mass is 10.2. The minimum atomic E-state index is -0.690. The summed E-state index contributed by atoms with van der Waals surface area (Å²) in [6.45, 7) is 4.73. The number of piperazine rings is 1. The van der Waals surface area contributed by atoms with Crippen LogP contribution in [0.1, 0.15) is 6.92 Å². The number of anilines is 1. The molecule has 0 amide bonds. The molecule has 1 aliphatic heterocycles. The summed E-state index contributed by atoms with van der Waals surface area (Å²) in [7, 11) is 0. The molecular formula is C21H19F2N7. The minimum absolute atomic E-state index is 0.184. The number of halogens is 2. The first-order valence-corrected chi connectivity index (χ1v) is 9.71. The van der Waals surface area contributed by atoms with Gasteiger partial charge in [-0.25, -0.2) is 18.7 Å². The molecular weight excluding hydrogens is 388 g/mol. The van der Waals surface area contributed by atoms with Gasteiger partial charge in [0.25, 0.3) is 0 Å². The first-order valence-electron chi connectivity index (χ1n) is 9.71. The summed E-state index contributed by atoms with van der Waals surface area (Å²) in [5.74, 6) is -0.179.